The number of aryl methyl sites for hydroxylation is 1. The number of benzene rings is 1. The Kier molecular flexibility index (Phi) is 3.44. The van der Waals surface area contributed by atoms with E-state index in [0.29, 0.717) is 0 Å². The molecule has 1 rings (SSSR count). The second-order valence-corrected chi connectivity index (χ2v) is 3.02. The summed E-state index contributed by atoms with van der Waals surface area (Å²) in [5.74, 6) is 0.281. The van der Waals surface area contributed by atoms with Gasteiger partial charge in [0.15, 0.2) is 0 Å². The first-order valence-electron chi connectivity index (χ1n) is 4.44. The lowest BCUT2D eigenvalue weighted by atomic mass is 9.95. The smallest absolute Gasteiger partial charge is 0.515 e. The van der Waals surface area contributed by atoms with Crippen LogP contribution in [0.15, 0.2) is 24.3 Å². The minimum absolute atomic E-state index is 0.281. The molecule has 78 valence electrons. The number of hydrogen-bond donors (Lipinski definition) is 0. The molecule has 0 amide bonds. The Morgan fingerprint density at radius 3 is 2.57 bits per heavy atom. The third-order valence-corrected chi connectivity index (χ3v) is 1.75. The zero-order valence-corrected chi connectivity index (χ0v) is 7.84. The van der Waals surface area contributed by atoms with Crippen LogP contribution in [0, 0.1) is 0 Å². The van der Waals surface area contributed by atoms with Crippen LogP contribution in [0.1, 0.15) is 12.5 Å². The fourth-order valence-electron chi connectivity index (χ4n) is 1.05. The Morgan fingerprint density at radius 2 is 2.00 bits per heavy atom. The Hall–Kier alpha value is -1.13. The molecule has 0 N–H and O–H groups in total. The lowest BCUT2D eigenvalue weighted by Crippen LogP contribution is -2.26. The lowest BCUT2D eigenvalue weighted by Gasteiger charge is -2.15. The molecule has 5 heteroatoms. The summed E-state index contributed by atoms with van der Waals surface area (Å²) in [6, 6.07) is 6.70. The monoisotopic (exact) mass is 203 g/mol. The van der Waals surface area contributed by atoms with Crippen molar-refractivity contribution in [1.29, 1.82) is 0 Å². The van der Waals surface area contributed by atoms with Crippen LogP contribution in [0.4, 0.5) is 12.9 Å². The Bertz CT molecular complexity index is 298. The summed E-state index contributed by atoms with van der Waals surface area (Å²) in [5, 5.41) is 0. The number of halogens is 3. The van der Waals surface area contributed by atoms with E-state index in [1.807, 2.05) is 13.0 Å². The number of ether oxygens (including phenoxy) is 1. The van der Waals surface area contributed by atoms with Crippen LogP contribution in [-0.2, 0) is 6.42 Å². The highest BCUT2D eigenvalue weighted by Gasteiger charge is 2.24. The third-order valence-electron chi connectivity index (χ3n) is 1.75. The van der Waals surface area contributed by atoms with Crippen LogP contribution < -0.4 is 4.74 Å². The maximum atomic E-state index is 11.9. The molecule has 0 saturated carbocycles. The van der Waals surface area contributed by atoms with E-state index in [-0.39, 0.29) is 5.75 Å². The molecule has 0 atom stereocenters. The van der Waals surface area contributed by atoms with Crippen molar-refractivity contribution in [2.45, 2.75) is 13.3 Å². The second-order valence-electron chi connectivity index (χ2n) is 3.02. The van der Waals surface area contributed by atoms with E-state index in [4.69, 9.17) is 0 Å². The van der Waals surface area contributed by atoms with E-state index in [1.165, 1.54) is 6.07 Å². The Morgan fingerprint density at radius 1 is 1.29 bits per heavy atom. The lowest BCUT2D eigenvalue weighted by molar-refractivity contribution is 0.313. The van der Waals surface area contributed by atoms with Crippen molar-refractivity contribution in [3.63, 3.8) is 0 Å². The molecule has 14 heavy (non-hydrogen) atoms. The van der Waals surface area contributed by atoms with E-state index in [2.05, 4.69) is 4.74 Å². The summed E-state index contributed by atoms with van der Waals surface area (Å²) in [6.45, 7) is -4.10. The van der Waals surface area contributed by atoms with Gasteiger partial charge in [-0.05, 0) is 24.1 Å². The average Bonchev–Trinajstić information content (AvgIpc) is 2.14. The highest BCUT2D eigenvalue weighted by atomic mass is 19.4. The van der Waals surface area contributed by atoms with Gasteiger partial charge in [0.1, 0.15) is 5.75 Å². The quantitative estimate of drug-likeness (QED) is 0.683. The van der Waals surface area contributed by atoms with Crippen molar-refractivity contribution < 1.29 is 17.7 Å². The van der Waals surface area contributed by atoms with Crippen molar-refractivity contribution in [2.75, 3.05) is 6.51 Å². The van der Waals surface area contributed by atoms with Gasteiger partial charge in [0, 0.05) is 0 Å². The number of hydrogen-bond acceptors (Lipinski definition) is 1. The van der Waals surface area contributed by atoms with Crippen LogP contribution in [-0.4, -0.2) is 13.5 Å². The predicted molar refractivity (Wildman–Crippen MR) is 50.4 cm³/mol. The van der Waals surface area contributed by atoms with Crippen molar-refractivity contribution in [2.24, 2.45) is 0 Å². The summed E-state index contributed by atoms with van der Waals surface area (Å²) >= 11 is 0. The third kappa shape index (κ3) is 3.72. The fourth-order valence-corrected chi connectivity index (χ4v) is 1.05. The molecule has 0 aromatic heterocycles. The molecule has 1 aromatic rings. The second kappa shape index (κ2) is 4.40. The van der Waals surface area contributed by atoms with Gasteiger partial charge in [0.05, 0.1) is 6.51 Å². The molecular weight excluding hydrogens is 192 g/mol. The van der Waals surface area contributed by atoms with Crippen molar-refractivity contribution in [1.82, 2.24) is 0 Å². The predicted octanol–water partition coefficient (Wildman–Crippen LogP) is 3.01. The Balaban J connectivity index is 2.59. The first kappa shape index (κ1) is 11.0. The molecule has 0 spiro atoms. The maximum absolute atomic E-state index is 11.9. The van der Waals surface area contributed by atoms with Crippen molar-refractivity contribution >= 4 is 6.98 Å². The SMILES string of the molecule is CCc1cccc(OC[B-](F)(F)F)c1. The minimum Gasteiger partial charge on any atom is -0.522 e. The molecule has 0 saturated heterocycles. The van der Waals surface area contributed by atoms with Gasteiger partial charge in [0.2, 0.25) is 0 Å². The van der Waals surface area contributed by atoms with Gasteiger partial charge in [-0.15, -0.1) is 0 Å². The van der Waals surface area contributed by atoms with Crippen molar-refractivity contribution in [3.8, 4) is 5.75 Å². The maximum Gasteiger partial charge on any atom is 0.515 e. The zero-order chi connectivity index (χ0) is 10.6. The molecule has 0 heterocycles. The fraction of sp³-hybridized carbons (Fsp3) is 0.333. The highest BCUT2D eigenvalue weighted by Crippen LogP contribution is 2.16. The van der Waals surface area contributed by atoms with E-state index in [0.717, 1.165) is 12.0 Å². The van der Waals surface area contributed by atoms with Gasteiger partial charge in [-0.1, -0.05) is 19.1 Å². The summed E-state index contributed by atoms with van der Waals surface area (Å²) < 4.78 is 40.2. The highest BCUT2D eigenvalue weighted by molar-refractivity contribution is 6.58. The van der Waals surface area contributed by atoms with Crippen LogP contribution in [0.3, 0.4) is 0 Å². The van der Waals surface area contributed by atoms with Crippen LogP contribution >= 0.6 is 0 Å². The standard InChI is InChI=1S/C9H11BF3O/c1-2-8-4-3-5-9(6-8)14-7-10(11,12)13/h3-6H,2,7H2,1H3/q-1. The molecule has 0 bridgehead atoms. The average molecular weight is 203 g/mol. The molecule has 0 fully saturated rings. The van der Waals surface area contributed by atoms with E-state index in [9.17, 15) is 12.9 Å². The molecular formula is C9H11BF3O-. The topological polar surface area (TPSA) is 9.23 Å². The van der Waals surface area contributed by atoms with Gasteiger partial charge in [-0.25, -0.2) is 0 Å². The molecule has 0 unspecified atom stereocenters. The minimum atomic E-state index is -4.87. The largest absolute Gasteiger partial charge is 0.522 e. The zero-order valence-electron chi connectivity index (χ0n) is 7.84. The molecule has 1 nitrogen and oxygen atoms in total. The van der Waals surface area contributed by atoms with Crippen LogP contribution in [0.25, 0.3) is 0 Å². The first-order chi connectivity index (χ1) is 6.51. The van der Waals surface area contributed by atoms with E-state index in [1.54, 1.807) is 12.1 Å². The molecule has 0 aliphatic carbocycles. The Labute approximate surface area is 80.9 Å². The van der Waals surface area contributed by atoms with Gasteiger partial charge in [-0.2, -0.15) is 0 Å². The van der Waals surface area contributed by atoms with Crippen LogP contribution in [0.5, 0.6) is 5.75 Å². The molecule has 1 aromatic carbocycles. The molecule has 0 aliphatic rings. The van der Waals surface area contributed by atoms with E-state index >= 15 is 0 Å². The molecule has 0 aliphatic heterocycles. The van der Waals surface area contributed by atoms with Gasteiger partial charge < -0.3 is 17.7 Å². The summed E-state index contributed by atoms with van der Waals surface area (Å²) in [6.07, 6.45) is 0.786. The number of rotatable bonds is 4. The summed E-state index contributed by atoms with van der Waals surface area (Å²) in [5.41, 5.74) is 0.970. The summed E-state index contributed by atoms with van der Waals surface area (Å²) in [4.78, 5) is 0. The summed E-state index contributed by atoms with van der Waals surface area (Å²) in [7, 11) is 0. The van der Waals surface area contributed by atoms with Gasteiger partial charge in [0.25, 0.3) is 0 Å². The molecule has 0 radical (unpaired) electrons. The normalized spacial score (nSPS) is 11.4. The van der Waals surface area contributed by atoms with E-state index < -0.39 is 13.5 Å². The van der Waals surface area contributed by atoms with Gasteiger partial charge in [-0.3, -0.25) is 0 Å². The van der Waals surface area contributed by atoms with Crippen molar-refractivity contribution in [3.05, 3.63) is 29.8 Å². The van der Waals surface area contributed by atoms with Gasteiger partial charge >= 0.3 is 6.98 Å². The van der Waals surface area contributed by atoms with Crippen LogP contribution in [0.2, 0.25) is 0 Å². The first-order valence-corrected chi connectivity index (χ1v) is 4.44.